The summed E-state index contributed by atoms with van der Waals surface area (Å²) in [5.41, 5.74) is 1.47. The molecular weight excluding hydrogens is 245 g/mol. The van der Waals surface area contributed by atoms with Gasteiger partial charge in [0.25, 0.3) is 0 Å². The summed E-state index contributed by atoms with van der Waals surface area (Å²) in [7, 11) is 1.61. The van der Waals surface area contributed by atoms with Crippen molar-refractivity contribution in [3.05, 3.63) is 65.5 Å². The van der Waals surface area contributed by atoms with Crippen molar-refractivity contribution >= 4 is 6.21 Å². The fraction of sp³-hybridized carbons (Fsp3) is 0.133. The standard InChI is InChI=1S/C15H13FNO2/c1-18-15-7-3-5-13(9-15)11-19-17-10-12-4-2-6-14(16)8-12/h2-9H,11H2,1H3. The molecule has 0 spiro atoms. The molecule has 0 amide bonds. The molecule has 0 heterocycles. The lowest BCUT2D eigenvalue weighted by molar-refractivity contribution is 0.132. The maximum Gasteiger partial charge on any atom is 0.142 e. The average Bonchev–Trinajstić information content (AvgIpc) is 2.44. The maximum absolute atomic E-state index is 12.9. The topological polar surface area (TPSA) is 30.8 Å². The second kappa shape index (κ2) is 6.54. The summed E-state index contributed by atoms with van der Waals surface area (Å²) in [6.45, 7) is 0.305. The van der Waals surface area contributed by atoms with Crippen LogP contribution in [0.3, 0.4) is 0 Å². The van der Waals surface area contributed by atoms with Gasteiger partial charge in [-0.05, 0) is 29.8 Å². The van der Waals surface area contributed by atoms with Crippen molar-refractivity contribution < 1.29 is 14.0 Å². The largest absolute Gasteiger partial charge is 0.497 e. The first-order valence-corrected chi connectivity index (χ1v) is 5.74. The van der Waals surface area contributed by atoms with Crippen LogP contribution in [-0.2, 0) is 11.4 Å². The summed E-state index contributed by atoms with van der Waals surface area (Å²) < 4.78 is 18.0. The highest BCUT2D eigenvalue weighted by Gasteiger charge is 1.96. The molecule has 97 valence electrons. The second-order valence-corrected chi connectivity index (χ2v) is 3.84. The zero-order chi connectivity index (χ0) is 13.5. The fourth-order valence-electron chi connectivity index (χ4n) is 1.51. The lowest BCUT2D eigenvalue weighted by atomic mass is 10.2. The van der Waals surface area contributed by atoms with E-state index in [-0.39, 0.29) is 5.82 Å². The van der Waals surface area contributed by atoms with E-state index in [1.165, 1.54) is 12.1 Å². The molecule has 0 fully saturated rings. The first-order chi connectivity index (χ1) is 9.28. The summed E-state index contributed by atoms with van der Waals surface area (Å²) in [6.07, 6.45) is 2.62. The van der Waals surface area contributed by atoms with Gasteiger partial charge in [-0.15, -0.1) is 0 Å². The highest BCUT2D eigenvalue weighted by atomic mass is 19.1. The van der Waals surface area contributed by atoms with Crippen LogP contribution in [0.25, 0.3) is 0 Å². The van der Waals surface area contributed by atoms with Crippen LogP contribution in [-0.4, -0.2) is 13.3 Å². The van der Waals surface area contributed by atoms with Gasteiger partial charge in [0.2, 0.25) is 0 Å². The normalized spacial score (nSPS) is 10.6. The van der Waals surface area contributed by atoms with Crippen molar-refractivity contribution in [2.45, 2.75) is 6.61 Å². The summed E-state index contributed by atoms with van der Waals surface area (Å²) in [5, 5.41) is 3.68. The van der Waals surface area contributed by atoms with Crippen molar-refractivity contribution in [2.24, 2.45) is 5.16 Å². The Balaban J connectivity index is 1.89. The van der Waals surface area contributed by atoms with Gasteiger partial charge in [0.1, 0.15) is 24.4 Å². The first-order valence-electron chi connectivity index (χ1n) is 5.74. The highest BCUT2D eigenvalue weighted by Crippen LogP contribution is 2.13. The smallest absolute Gasteiger partial charge is 0.142 e. The van der Waals surface area contributed by atoms with E-state index in [0.717, 1.165) is 11.3 Å². The molecule has 0 unspecified atom stereocenters. The first kappa shape index (κ1) is 13.1. The molecule has 0 aliphatic carbocycles. The molecule has 3 nitrogen and oxygen atoms in total. The van der Waals surface area contributed by atoms with Crippen molar-refractivity contribution in [1.29, 1.82) is 0 Å². The zero-order valence-electron chi connectivity index (χ0n) is 10.5. The van der Waals surface area contributed by atoms with Gasteiger partial charge in [-0.3, -0.25) is 0 Å². The van der Waals surface area contributed by atoms with E-state index < -0.39 is 0 Å². The molecule has 0 atom stereocenters. The van der Waals surface area contributed by atoms with Crippen LogP contribution in [0.15, 0.2) is 53.7 Å². The van der Waals surface area contributed by atoms with Crippen molar-refractivity contribution in [1.82, 2.24) is 0 Å². The molecule has 0 aromatic heterocycles. The second-order valence-electron chi connectivity index (χ2n) is 3.84. The van der Waals surface area contributed by atoms with Gasteiger partial charge in [0, 0.05) is 5.56 Å². The molecule has 0 aliphatic heterocycles. The van der Waals surface area contributed by atoms with Crippen LogP contribution >= 0.6 is 0 Å². The van der Waals surface area contributed by atoms with Gasteiger partial charge in [0.15, 0.2) is 0 Å². The van der Waals surface area contributed by atoms with Gasteiger partial charge in [-0.2, -0.15) is 0 Å². The minimum Gasteiger partial charge on any atom is -0.497 e. The fourth-order valence-corrected chi connectivity index (χ4v) is 1.51. The summed E-state index contributed by atoms with van der Waals surface area (Å²) in [6, 6.07) is 13.5. The summed E-state index contributed by atoms with van der Waals surface area (Å²) >= 11 is 0. The van der Waals surface area contributed by atoms with Crippen LogP contribution in [0.4, 0.5) is 4.39 Å². The number of hydrogen-bond acceptors (Lipinski definition) is 3. The number of methoxy groups -OCH3 is 1. The summed E-state index contributed by atoms with van der Waals surface area (Å²) in [5.74, 6) is 0.437. The molecule has 0 aliphatic rings. The van der Waals surface area contributed by atoms with Gasteiger partial charge in [0.05, 0.1) is 7.11 Å². The molecule has 2 rings (SSSR count). The highest BCUT2D eigenvalue weighted by molar-refractivity contribution is 5.78. The maximum atomic E-state index is 12.9. The van der Waals surface area contributed by atoms with Gasteiger partial charge >= 0.3 is 0 Å². The zero-order valence-corrected chi connectivity index (χ0v) is 10.5. The third-order valence-electron chi connectivity index (χ3n) is 2.43. The molecule has 0 saturated carbocycles. The van der Waals surface area contributed by atoms with Crippen molar-refractivity contribution in [2.75, 3.05) is 7.11 Å². The van der Waals surface area contributed by atoms with Crippen LogP contribution in [0, 0.1) is 5.82 Å². The third-order valence-corrected chi connectivity index (χ3v) is 2.43. The third kappa shape index (κ3) is 4.10. The molecule has 1 radical (unpaired) electrons. The Labute approximate surface area is 111 Å². The predicted octanol–water partition coefficient (Wildman–Crippen LogP) is 3.26. The van der Waals surface area contributed by atoms with Crippen LogP contribution in [0.2, 0.25) is 0 Å². The molecule has 2 aromatic carbocycles. The average molecular weight is 258 g/mol. The molecular formula is C15H13FNO2. The quantitative estimate of drug-likeness (QED) is 0.608. The predicted molar refractivity (Wildman–Crippen MR) is 70.7 cm³/mol. The minimum absolute atomic E-state index is 0.305. The molecule has 19 heavy (non-hydrogen) atoms. The van der Waals surface area contributed by atoms with Crippen molar-refractivity contribution in [3.63, 3.8) is 0 Å². The van der Waals surface area contributed by atoms with Gasteiger partial charge < -0.3 is 9.57 Å². The number of halogens is 1. The number of hydrogen-bond donors (Lipinski definition) is 0. The van der Waals surface area contributed by atoms with E-state index >= 15 is 0 Å². The lowest BCUT2D eigenvalue weighted by Gasteiger charge is -2.02. The van der Waals surface area contributed by atoms with Gasteiger partial charge in [-0.1, -0.05) is 29.4 Å². The number of ether oxygens (including phenoxy) is 1. The molecule has 4 heteroatoms. The van der Waals surface area contributed by atoms with Crippen LogP contribution in [0.1, 0.15) is 11.1 Å². The van der Waals surface area contributed by atoms with E-state index in [2.05, 4.69) is 11.4 Å². The van der Waals surface area contributed by atoms with Crippen LogP contribution in [0.5, 0.6) is 5.75 Å². The SMILES string of the molecule is COc1cccc(CO/N=[C]\c2cccc(F)c2)c1. The van der Waals surface area contributed by atoms with Gasteiger partial charge in [-0.25, -0.2) is 4.39 Å². The number of nitrogens with zero attached hydrogens (tertiary/aromatic N) is 1. The molecule has 0 saturated heterocycles. The Hall–Kier alpha value is -2.36. The van der Waals surface area contributed by atoms with E-state index in [1.807, 2.05) is 24.3 Å². The summed E-state index contributed by atoms with van der Waals surface area (Å²) in [4.78, 5) is 5.10. The Morgan fingerprint density at radius 3 is 2.79 bits per heavy atom. The van der Waals surface area contributed by atoms with E-state index in [0.29, 0.717) is 12.2 Å². The Bertz CT molecular complexity index is 570. The van der Waals surface area contributed by atoms with E-state index in [1.54, 1.807) is 19.2 Å². The molecule has 2 aromatic rings. The monoisotopic (exact) mass is 258 g/mol. The Morgan fingerprint density at radius 2 is 2.00 bits per heavy atom. The minimum atomic E-state index is -0.326. The molecule has 0 N–H and O–H groups in total. The van der Waals surface area contributed by atoms with Crippen LogP contribution < -0.4 is 4.74 Å². The lowest BCUT2D eigenvalue weighted by Crippen LogP contribution is -1.90. The van der Waals surface area contributed by atoms with E-state index in [4.69, 9.17) is 9.57 Å². The number of rotatable bonds is 5. The molecule has 0 bridgehead atoms. The Morgan fingerprint density at radius 1 is 1.16 bits per heavy atom. The van der Waals surface area contributed by atoms with E-state index in [9.17, 15) is 4.39 Å². The Kier molecular flexibility index (Phi) is 4.50. The van der Waals surface area contributed by atoms with Crippen molar-refractivity contribution in [3.8, 4) is 5.75 Å². The number of benzene rings is 2.